The predicted molar refractivity (Wildman–Crippen MR) is 95.2 cm³/mol. The molecule has 0 amide bonds. The van der Waals surface area contributed by atoms with E-state index >= 15 is 0 Å². The number of benzene rings is 2. The van der Waals surface area contributed by atoms with E-state index in [1.807, 2.05) is 0 Å². The number of nitro groups is 1. The molecule has 0 saturated heterocycles. The van der Waals surface area contributed by atoms with Crippen LogP contribution < -0.4 is 5.14 Å². The van der Waals surface area contributed by atoms with Crippen molar-refractivity contribution in [2.24, 2.45) is 5.14 Å². The Morgan fingerprint density at radius 3 is 2.04 bits per heavy atom. The van der Waals surface area contributed by atoms with Crippen LogP contribution in [0, 0.1) is 10.1 Å². The summed E-state index contributed by atoms with van der Waals surface area (Å²) in [6, 6.07) is 14.6. The molecule has 28 heavy (non-hydrogen) atoms. The van der Waals surface area contributed by atoms with Crippen LogP contribution >= 0.6 is 0 Å². The lowest BCUT2D eigenvalue weighted by atomic mass is 10.1. The summed E-state index contributed by atoms with van der Waals surface area (Å²) in [5, 5.41) is 18.4. The molecule has 1 aromatic heterocycles. The van der Waals surface area contributed by atoms with Gasteiger partial charge < -0.3 is 0 Å². The van der Waals surface area contributed by atoms with Crippen molar-refractivity contribution in [1.29, 1.82) is 0 Å². The maximum absolute atomic E-state index is 13.0. The Hall–Kier alpha value is -3.25. The molecule has 2 aromatic carbocycles. The van der Waals surface area contributed by atoms with Crippen LogP contribution in [0.3, 0.4) is 0 Å². The van der Waals surface area contributed by atoms with Gasteiger partial charge in [0, 0.05) is 17.7 Å². The number of aromatic nitrogens is 2. The first-order valence-corrected chi connectivity index (χ1v) is 8.71. The highest BCUT2D eigenvalue weighted by atomic mass is 32.2. The zero-order valence-corrected chi connectivity index (χ0v) is 14.8. The van der Waals surface area contributed by atoms with Gasteiger partial charge in [-0.2, -0.15) is 18.3 Å². The molecular formula is C16H13F3N4O4S. The van der Waals surface area contributed by atoms with E-state index in [-0.39, 0.29) is 11.4 Å². The Morgan fingerprint density at radius 1 is 1.04 bits per heavy atom. The molecule has 0 aliphatic heterocycles. The molecule has 0 aliphatic rings. The van der Waals surface area contributed by atoms with Crippen LogP contribution in [-0.2, 0) is 17.1 Å². The Balaban J connectivity index is 0.000000640. The smallest absolute Gasteiger partial charge is 0.258 e. The van der Waals surface area contributed by atoms with Crippen LogP contribution in [0.25, 0.3) is 16.9 Å². The molecule has 0 radical (unpaired) electrons. The molecule has 0 fully saturated rings. The van der Waals surface area contributed by atoms with E-state index in [9.17, 15) is 23.3 Å². The summed E-state index contributed by atoms with van der Waals surface area (Å²) in [6.07, 6.45) is -4.59. The van der Waals surface area contributed by atoms with E-state index in [0.717, 1.165) is 6.07 Å². The number of hydrogen-bond acceptors (Lipinski definition) is 5. The van der Waals surface area contributed by atoms with Crippen LogP contribution in [0.5, 0.6) is 0 Å². The Bertz CT molecular complexity index is 1020. The van der Waals surface area contributed by atoms with E-state index in [1.54, 1.807) is 30.3 Å². The lowest BCUT2D eigenvalue weighted by Crippen LogP contribution is -2.07. The van der Waals surface area contributed by atoms with Crippen LogP contribution in [0.2, 0.25) is 0 Å². The predicted octanol–water partition coefficient (Wildman–Crippen LogP) is 2.94. The van der Waals surface area contributed by atoms with Crippen molar-refractivity contribution in [3.8, 4) is 16.9 Å². The summed E-state index contributed by atoms with van der Waals surface area (Å²) < 4.78 is 57.9. The standard InChI is InChI=1S/C16H10F3N3O2.H3NO2S/c17-16(18,19)15-10-14(11-6-8-13(9-7-11)22(23)24)21(20-15)12-4-2-1-3-5-12;1-4(2)3/h1-10H;4H,(H2,1,2,3). The average Bonchev–Trinajstić information content (AvgIpc) is 3.08. The third kappa shape index (κ3) is 5.37. The summed E-state index contributed by atoms with van der Waals surface area (Å²) >= 11 is 0. The molecule has 0 aliphatic carbocycles. The quantitative estimate of drug-likeness (QED) is 0.388. The van der Waals surface area contributed by atoms with E-state index in [4.69, 9.17) is 8.42 Å². The van der Waals surface area contributed by atoms with Gasteiger partial charge in [0.15, 0.2) is 16.6 Å². The summed E-state index contributed by atoms with van der Waals surface area (Å²) in [5.74, 6) is 0. The van der Waals surface area contributed by atoms with Gasteiger partial charge in [0.25, 0.3) is 5.69 Å². The normalized spacial score (nSPS) is 11.0. The van der Waals surface area contributed by atoms with Gasteiger partial charge in [0.1, 0.15) is 0 Å². The van der Waals surface area contributed by atoms with Gasteiger partial charge in [-0.1, -0.05) is 18.2 Å². The zero-order valence-electron chi connectivity index (χ0n) is 13.9. The molecule has 3 rings (SSSR count). The number of alkyl halides is 3. The molecule has 0 bridgehead atoms. The van der Waals surface area contributed by atoms with Gasteiger partial charge in [0.05, 0.1) is 16.3 Å². The fourth-order valence-corrected chi connectivity index (χ4v) is 2.25. The topological polar surface area (TPSA) is 121 Å². The first-order chi connectivity index (χ1) is 13.1. The van der Waals surface area contributed by atoms with Crippen LogP contribution in [0.1, 0.15) is 5.69 Å². The average molecular weight is 414 g/mol. The number of nitrogens with zero attached hydrogens (tertiary/aromatic N) is 3. The first-order valence-electron chi connectivity index (χ1n) is 7.46. The molecular weight excluding hydrogens is 401 g/mol. The largest absolute Gasteiger partial charge is 0.435 e. The molecule has 0 unspecified atom stereocenters. The van der Waals surface area contributed by atoms with Crippen molar-refractivity contribution in [1.82, 2.24) is 9.78 Å². The Labute approximate surface area is 158 Å². The zero-order chi connectivity index (χ0) is 20.9. The minimum Gasteiger partial charge on any atom is -0.258 e. The van der Waals surface area contributed by atoms with Gasteiger partial charge in [-0.3, -0.25) is 10.1 Å². The Kier molecular flexibility index (Phi) is 6.49. The van der Waals surface area contributed by atoms with Crippen molar-refractivity contribution < 1.29 is 26.5 Å². The second-order valence-corrected chi connectivity index (χ2v) is 5.82. The van der Waals surface area contributed by atoms with Crippen molar-refractivity contribution in [2.45, 2.75) is 6.18 Å². The molecule has 2 N–H and O–H groups in total. The summed E-state index contributed by atoms with van der Waals surface area (Å²) in [4.78, 5) is 10.1. The highest BCUT2D eigenvalue weighted by Crippen LogP contribution is 2.33. The SMILES string of the molecule is N[SH](=O)=O.O=[N+]([O-])c1ccc(-c2cc(C(F)(F)F)nn2-c2ccccc2)cc1. The third-order valence-corrected chi connectivity index (χ3v) is 3.37. The minimum absolute atomic E-state index is 0.138. The molecule has 0 spiro atoms. The highest BCUT2D eigenvalue weighted by Gasteiger charge is 2.35. The number of hydrogen-bond donors (Lipinski definition) is 2. The minimum atomic E-state index is -4.59. The number of para-hydroxylation sites is 1. The molecule has 12 heteroatoms. The fourth-order valence-electron chi connectivity index (χ4n) is 2.25. The van der Waals surface area contributed by atoms with Crippen molar-refractivity contribution in [3.63, 3.8) is 0 Å². The summed E-state index contributed by atoms with van der Waals surface area (Å²) in [7, 11) is -2.62. The second-order valence-electron chi connectivity index (χ2n) is 5.25. The van der Waals surface area contributed by atoms with Crippen molar-refractivity contribution >= 4 is 16.6 Å². The molecule has 0 saturated carbocycles. The fraction of sp³-hybridized carbons (Fsp3) is 0.0625. The lowest BCUT2D eigenvalue weighted by Gasteiger charge is -2.07. The summed E-state index contributed by atoms with van der Waals surface area (Å²) in [6.45, 7) is 0. The van der Waals surface area contributed by atoms with Crippen LogP contribution in [-0.4, -0.2) is 23.1 Å². The molecule has 0 atom stereocenters. The number of rotatable bonds is 3. The van der Waals surface area contributed by atoms with Crippen molar-refractivity contribution in [2.75, 3.05) is 0 Å². The first kappa shape index (κ1) is 21.1. The lowest BCUT2D eigenvalue weighted by molar-refractivity contribution is -0.384. The number of thiol groups is 1. The Morgan fingerprint density at radius 2 is 1.57 bits per heavy atom. The van der Waals surface area contributed by atoms with Gasteiger partial charge in [-0.15, -0.1) is 0 Å². The number of nitro benzene ring substituents is 1. The van der Waals surface area contributed by atoms with E-state index in [1.165, 1.54) is 28.9 Å². The van der Waals surface area contributed by atoms with Gasteiger partial charge in [-0.05, 0) is 30.3 Å². The third-order valence-electron chi connectivity index (χ3n) is 3.37. The molecule has 1 heterocycles. The number of halogens is 3. The molecule has 8 nitrogen and oxygen atoms in total. The van der Waals surface area contributed by atoms with E-state index in [0.29, 0.717) is 11.3 Å². The van der Waals surface area contributed by atoms with Gasteiger partial charge in [-0.25, -0.2) is 18.2 Å². The number of nitrogens with two attached hydrogens (primary N) is 1. The van der Waals surface area contributed by atoms with E-state index < -0.39 is 27.7 Å². The van der Waals surface area contributed by atoms with Crippen LogP contribution in [0.15, 0.2) is 60.7 Å². The second kappa shape index (κ2) is 8.63. The molecule has 3 aromatic rings. The van der Waals surface area contributed by atoms with Crippen molar-refractivity contribution in [3.05, 3.63) is 76.5 Å². The van der Waals surface area contributed by atoms with Gasteiger partial charge in [0.2, 0.25) is 0 Å². The maximum Gasteiger partial charge on any atom is 0.435 e. The molecule has 148 valence electrons. The van der Waals surface area contributed by atoms with Crippen LogP contribution in [0.4, 0.5) is 18.9 Å². The van der Waals surface area contributed by atoms with E-state index in [2.05, 4.69) is 10.2 Å². The number of non-ortho nitro benzene ring substituents is 1. The van der Waals surface area contributed by atoms with Gasteiger partial charge >= 0.3 is 6.18 Å². The highest BCUT2D eigenvalue weighted by molar-refractivity contribution is 7.69. The summed E-state index contributed by atoms with van der Waals surface area (Å²) in [5.41, 5.74) is -0.113. The maximum atomic E-state index is 13.0. The monoisotopic (exact) mass is 414 g/mol.